The Kier molecular flexibility index (Phi) is 3.38. The molecule has 0 saturated heterocycles. The molecule has 0 spiro atoms. The van der Waals surface area contributed by atoms with Gasteiger partial charge in [0.25, 0.3) is 5.69 Å². The molecule has 22 heavy (non-hydrogen) atoms. The van der Waals surface area contributed by atoms with Gasteiger partial charge >= 0.3 is 0 Å². The summed E-state index contributed by atoms with van der Waals surface area (Å²) in [6.45, 7) is 0. The molecule has 6 nitrogen and oxygen atoms in total. The number of nitriles is 1. The standard InChI is InChI=1S/C16H10N4O2/c17-10-12(9-11-5-1-4-8-15(11)20(21)22)16-18-13-6-2-3-7-14(13)19-16/h1-9H,(H,18,19). The van der Waals surface area contributed by atoms with Crippen molar-refractivity contribution in [2.24, 2.45) is 0 Å². The van der Waals surface area contributed by atoms with E-state index in [1.165, 1.54) is 12.1 Å². The molecular formula is C16H10N4O2. The second-order valence-electron chi connectivity index (χ2n) is 4.59. The minimum Gasteiger partial charge on any atom is -0.337 e. The molecular weight excluding hydrogens is 280 g/mol. The number of H-pyrrole nitrogens is 1. The Morgan fingerprint density at radius 3 is 2.68 bits per heavy atom. The largest absolute Gasteiger partial charge is 0.337 e. The van der Waals surface area contributed by atoms with Crippen LogP contribution in [0, 0.1) is 21.4 Å². The zero-order chi connectivity index (χ0) is 15.5. The third-order valence-electron chi connectivity index (χ3n) is 3.20. The monoisotopic (exact) mass is 290 g/mol. The first kappa shape index (κ1) is 13.5. The highest BCUT2D eigenvalue weighted by Crippen LogP contribution is 2.24. The predicted molar refractivity (Wildman–Crippen MR) is 82.7 cm³/mol. The van der Waals surface area contributed by atoms with Crippen LogP contribution in [-0.4, -0.2) is 14.9 Å². The average Bonchev–Trinajstić information content (AvgIpc) is 2.96. The van der Waals surface area contributed by atoms with Crippen LogP contribution in [0.1, 0.15) is 11.4 Å². The third-order valence-corrected chi connectivity index (χ3v) is 3.20. The number of nitro benzene ring substituents is 1. The normalized spacial score (nSPS) is 11.3. The van der Waals surface area contributed by atoms with E-state index in [0.717, 1.165) is 11.0 Å². The number of aromatic nitrogens is 2. The van der Waals surface area contributed by atoms with Crippen molar-refractivity contribution in [3.8, 4) is 6.07 Å². The molecule has 0 aliphatic heterocycles. The van der Waals surface area contributed by atoms with Gasteiger partial charge in [0.15, 0.2) is 0 Å². The molecule has 1 heterocycles. The topological polar surface area (TPSA) is 95.6 Å². The van der Waals surface area contributed by atoms with Crippen LogP contribution in [0.5, 0.6) is 0 Å². The first-order valence-corrected chi connectivity index (χ1v) is 6.49. The lowest BCUT2D eigenvalue weighted by atomic mass is 10.1. The van der Waals surface area contributed by atoms with Crippen molar-refractivity contribution in [1.29, 1.82) is 5.26 Å². The summed E-state index contributed by atoms with van der Waals surface area (Å²) in [5.74, 6) is 0.391. The van der Waals surface area contributed by atoms with Crippen molar-refractivity contribution in [1.82, 2.24) is 9.97 Å². The summed E-state index contributed by atoms with van der Waals surface area (Å²) >= 11 is 0. The summed E-state index contributed by atoms with van der Waals surface area (Å²) in [6.07, 6.45) is 1.47. The molecule has 0 unspecified atom stereocenters. The number of rotatable bonds is 3. The molecule has 0 atom stereocenters. The van der Waals surface area contributed by atoms with Gasteiger partial charge in [0.05, 0.1) is 27.1 Å². The third kappa shape index (κ3) is 2.43. The molecule has 3 rings (SSSR count). The Bertz CT molecular complexity index is 901. The minimum atomic E-state index is -0.473. The van der Waals surface area contributed by atoms with Gasteiger partial charge in [0, 0.05) is 6.07 Å². The Balaban J connectivity index is 2.12. The van der Waals surface area contributed by atoms with E-state index < -0.39 is 4.92 Å². The first-order valence-electron chi connectivity index (χ1n) is 6.49. The maximum atomic E-state index is 11.0. The van der Waals surface area contributed by atoms with Crippen LogP contribution in [0.2, 0.25) is 0 Å². The summed E-state index contributed by atoms with van der Waals surface area (Å²) in [7, 11) is 0. The number of hydrogen-bond donors (Lipinski definition) is 1. The Morgan fingerprint density at radius 1 is 1.23 bits per heavy atom. The summed E-state index contributed by atoms with van der Waals surface area (Å²) in [5, 5.41) is 20.4. The number of allylic oxidation sites excluding steroid dienone is 1. The van der Waals surface area contributed by atoms with Crippen molar-refractivity contribution >= 4 is 28.4 Å². The molecule has 0 aliphatic rings. The van der Waals surface area contributed by atoms with Gasteiger partial charge in [0.2, 0.25) is 0 Å². The van der Waals surface area contributed by atoms with Crippen molar-refractivity contribution in [3.63, 3.8) is 0 Å². The Morgan fingerprint density at radius 2 is 1.95 bits per heavy atom. The molecule has 106 valence electrons. The lowest BCUT2D eigenvalue weighted by Crippen LogP contribution is -1.92. The second-order valence-corrected chi connectivity index (χ2v) is 4.59. The lowest BCUT2D eigenvalue weighted by molar-refractivity contribution is -0.385. The number of fused-ring (bicyclic) bond motifs is 1. The van der Waals surface area contributed by atoms with Crippen molar-refractivity contribution < 1.29 is 4.92 Å². The van der Waals surface area contributed by atoms with E-state index in [1.54, 1.807) is 18.2 Å². The van der Waals surface area contributed by atoms with Crippen molar-refractivity contribution in [2.75, 3.05) is 0 Å². The molecule has 0 fully saturated rings. The van der Waals surface area contributed by atoms with Crippen molar-refractivity contribution in [2.45, 2.75) is 0 Å². The van der Waals surface area contributed by atoms with Crippen LogP contribution in [0.3, 0.4) is 0 Å². The number of nitrogens with one attached hydrogen (secondary N) is 1. The van der Waals surface area contributed by atoms with Gasteiger partial charge in [-0.1, -0.05) is 24.3 Å². The number of hydrogen-bond acceptors (Lipinski definition) is 4. The SMILES string of the molecule is N#CC(=Cc1ccccc1[N+](=O)[O-])c1nc2ccccc2[nH]1. The maximum absolute atomic E-state index is 11.0. The molecule has 0 radical (unpaired) electrons. The van der Waals surface area contributed by atoms with Gasteiger partial charge in [-0.25, -0.2) is 4.98 Å². The Labute approximate surface area is 125 Å². The summed E-state index contributed by atoms with van der Waals surface area (Å²) in [6, 6.07) is 15.7. The zero-order valence-corrected chi connectivity index (χ0v) is 11.4. The van der Waals surface area contributed by atoms with E-state index in [1.807, 2.05) is 30.3 Å². The summed E-state index contributed by atoms with van der Waals surface area (Å²) in [5.41, 5.74) is 2.10. The number of nitrogens with zero attached hydrogens (tertiary/aromatic N) is 3. The number of aromatic amines is 1. The molecule has 1 N–H and O–H groups in total. The van der Waals surface area contributed by atoms with Gasteiger partial charge in [0.1, 0.15) is 11.9 Å². The first-order chi connectivity index (χ1) is 10.7. The molecule has 0 bridgehead atoms. The highest BCUT2D eigenvalue weighted by atomic mass is 16.6. The quantitative estimate of drug-likeness (QED) is 0.453. The Hall–Kier alpha value is -3.46. The van der Waals surface area contributed by atoms with E-state index in [4.69, 9.17) is 0 Å². The molecule has 3 aromatic rings. The number of benzene rings is 2. The van der Waals surface area contributed by atoms with Gasteiger partial charge < -0.3 is 4.98 Å². The van der Waals surface area contributed by atoms with Gasteiger partial charge in [-0.15, -0.1) is 0 Å². The van der Waals surface area contributed by atoms with E-state index in [2.05, 4.69) is 9.97 Å². The second kappa shape index (κ2) is 5.50. The fourth-order valence-electron chi connectivity index (χ4n) is 2.17. The molecule has 0 aliphatic carbocycles. The average molecular weight is 290 g/mol. The van der Waals surface area contributed by atoms with Crippen molar-refractivity contribution in [3.05, 3.63) is 70.0 Å². The van der Waals surface area contributed by atoms with E-state index in [0.29, 0.717) is 11.4 Å². The summed E-state index contributed by atoms with van der Waals surface area (Å²) in [4.78, 5) is 17.9. The van der Waals surface area contributed by atoms with Crippen LogP contribution in [0.15, 0.2) is 48.5 Å². The van der Waals surface area contributed by atoms with Crippen LogP contribution < -0.4 is 0 Å². The van der Waals surface area contributed by atoms with Crippen LogP contribution >= 0.6 is 0 Å². The summed E-state index contributed by atoms with van der Waals surface area (Å²) < 4.78 is 0. The van der Waals surface area contributed by atoms with E-state index in [-0.39, 0.29) is 11.3 Å². The predicted octanol–water partition coefficient (Wildman–Crippen LogP) is 3.54. The molecule has 1 aromatic heterocycles. The molecule has 6 heteroatoms. The van der Waals surface area contributed by atoms with E-state index >= 15 is 0 Å². The van der Waals surface area contributed by atoms with E-state index in [9.17, 15) is 15.4 Å². The number of imidazole rings is 1. The maximum Gasteiger partial charge on any atom is 0.276 e. The van der Waals surface area contributed by atoms with Gasteiger partial charge in [-0.3, -0.25) is 10.1 Å². The molecule has 0 saturated carbocycles. The van der Waals surface area contributed by atoms with Crippen LogP contribution in [0.4, 0.5) is 5.69 Å². The zero-order valence-electron chi connectivity index (χ0n) is 11.4. The minimum absolute atomic E-state index is 0.0497. The molecule has 0 amide bonds. The van der Waals surface area contributed by atoms with Gasteiger partial charge in [-0.05, 0) is 24.3 Å². The highest BCUT2D eigenvalue weighted by Gasteiger charge is 2.13. The van der Waals surface area contributed by atoms with Crippen LogP contribution in [-0.2, 0) is 0 Å². The fraction of sp³-hybridized carbons (Fsp3) is 0. The lowest BCUT2D eigenvalue weighted by Gasteiger charge is -1.98. The van der Waals surface area contributed by atoms with Crippen LogP contribution in [0.25, 0.3) is 22.7 Å². The number of para-hydroxylation sites is 3. The highest BCUT2D eigenvalue weighted by molar-refractivity contribution is 5.91. The molecule has 2 aromatic carbocycles. The smallest absolute Gasteiger partial charge is 0.276 e. The van der Waals surface area contributed by atoms with Gasteiger partial charge in [-0.2, -0.15) is 5.26 Å². The number of nitro groups is 1. The fourth-order valence-corrected chi connectivity index (χ4v) is 2.17.